The molecule has 1 aromatic rings. The maximum absolute atomic E-state index is 12.7. The van der Waals surface area contributed by atoms with Gasteiger partial charge in [-0.2, -0.15) is 0 Å². The second-order valence-electron chi connectivity index (χ2n) is 7.74. The molecule has 1 unspecified atom stereocenters. The van der Waals surface area contributed by atoms with Crippen LogP contribution < -0.4 is 5.32 Å². The van der Waals surface area contributed by atoms with Gasteiger partial charge in [0.2, 0.25) is 0 Å². The van der Waals surface area contributed by atoms with Gasteiger partial charge in [-0.25, -0.2) is 0 Å². The van der Waals surface area contributed by atoms with Gasteiger partial charge in [0, 0.05) is 17.8 Å². The second-order valence-corrected chi connectivity index (χ2v) is 7.74. The van der Waals surface area contributed by atoms with Crippen molar-refractivity contribution in [1.29, 1.82) is 0 Å². The maximum atomic E-state index is 12.7. The quantitative estimate of drug-likeness (QED) is 0.905. The van der Waals surface area contributed by atoms with E-state index in [0.29, 0.717) is 5.56 Å². The number of nitrogens with zero attached hydrogens (tertiary/aromatic N) is 1. The highest BCUT2D eigenvalue weighted by Crippen LogP contribution is 2.22. The van der Waals surface area contributed by atoms with E-state index in [1.165, 1.54) is 6.20 Å². The molecule has 5 nitrogen and oxygen atoms in total. The van der Waals surface area contributed by atoms with Crippen molar-refractivity contribution in [3.8, 4) is 0 Å². The molecule has 1 aromatic heterocycles. The lowest BCUT2D eigenvalue weighted by Crippen LogP contribution is -2.53. The first-order valence-corrected chi connectivity index (χ1v) is 7.85. The second kappa shape index (κ2) is 7.21. The van der Waals surface area contributed by atoms with Gasteiger partial charge in [0.25, 0.3) is 5.91 Å². The van der Waals surface area contributed by atoms with Gasteiger partial charge in [-0.05, 0) is 39.8 Å². The molecule has 0 aromatic carbocycles. The van der Waals surface area contributed by atoms with Crippen molar-refractivity contribution >= 4 is 11.7 Å². The van der Waals surface area contributed by atoms with Crippen LogP contribution in [0.3, 0.4) is 0 Å². The summed E-state index contributed by atoms with van der Waals surface area (Å²) in [5.41, 5.74) is -0.570. The first-order chi connectivity index (χ1) is 10.4. The topological polar surface area (TPSA) is 68.3 Å². The van der Waals surface area contributed by atoms with Gasteiger partial charge in [0.1, 0.15) is 6.04 Å². The SMILES string of the molecule is CC(OC(C)(C)C)[C@H](NC(=O)c1cccnc1)C(=O)C(C)(C)C. The number of rotatable bonds is 5. The third kappa shape index (κ3) is 6.10. The summed E-state index contributed by atoms with van der Waals surface area (Å²) >= 11 is 0. The first kappa shape index (κ1) is 19.3. The zero-order valence-electron chi connectivity index (χ0n) is 15.1. The number of ether oxygens (including phenoxy) is 1. The van der Waals surface area contributed by atoms with Crippen molar-refractivity contribution in [2.24, 2.45) is 5.41 Å². The summed E-state index contributed by atoms with van der Waals surface area (Å²) in [5.74, 6) is -0.392. The van der Waals surface area contributed by atoms with Crippen LogP contribution >= 0.6 is 0 Å². The number of ketones is 1. The molecule has 0 fully saturated rings. The zero-order chi connectivity index (χ0) is 17.8. The third-order valence-electron chi connectivity index (χ3n) is 3.24. The van der Waals surface area contributed by atoms with E-state index < -0.39 is 23.2 Å². The summed E-state index contributed by atoms with van der Waals surface area (Å²) in [7, 11) is 0. The number of carbonyl (C=O) groups excluding carboxylic acids is 2. The lowest BCUT2D eigenvalue weighted by atomic mass is 9.84. The van der Waals surface area contributed by atoms with Crippen LogP contribution in [0.5, 0.6) is 0 Å². The Morgan fingerprint density at radius 3 is 2.22 bits per heavy atom. The Morgan fingerprint density at radius 2 is 1.78 bits per heavy atom. The molecule has 1 heterocycles. The molecule has 5 heteroatoms. The lowest BCUT2D eigenvalue weighted by molar-refractivity contribution is -0.136. The van der Waals surface area contributed by atoms with E-state index in [4.69, 9.17) is 4.74 Å². The summed E-state index contributed by atoms with van der Waals surface area (Å²) in [4.78, 5) is 29.1. The van der Waals surface area contributed by atoms with Crippen molar-refractivity contribution in [3.63, 3.8) is 0 Å². The van der Waals surface area contributed by atoms with Crippen LogP contribution in [-0.2, 0) is 9.53 Å². The molecular weight excluding hydrogens is 292 g/mol. The molecule has 0 saturated carbocycles. The van der Waals surface area contributed by atoms with Crippen molar-refractivity contribution in [2.45, 2.75) is 66.2 Å². The number of Topliss-reactive ketones (excluding diaryl/α,β-unsaturated/α-hetero) is 1. The average Bonchev–Trinajstić information content (AvgIpc) is 2.41. The van der Waals surface area contributed by atoms with Crippen molar-refractivity contribution < 1.29 is 14.3 Å². The fraction of sp³-hybridized carbons (Fsp3) is 0.611. The number of hydrogen-bond donors (Lipinski definition) is 1. The van der Waals surface area contributed by atoms with E-state index in [0.717, 1.165) is 0 Å². The Morgan fingerprint density at radius 1 is 1.17 bits per heavy atom. The molecule has 1 amide bonds. The van der Waals surface area contributed by atoms with Crippen LogP contribution in [0.4, 0.5) is 0 Å². The van der Waals surface area contributed by atoms with Crippen LogP contribution in [0.2, 0.25) is 0 Å². The summed E-state index contributed by atoms with van der Waals surface area (Å²) in [6.45, 7) is 13.1. The Hall–Kier alpha value is -1.75. The van der Waals surface area contributed by atoms with Crippen LogP contribution in [0.15, 0.2) is 24.5 Å². The van der Waals surface area contributed by atoms with E-state index >= 15 is 0 Å². The van der Waals surface area contributed by atoms with Gasteiger partial charge in [0.15, 0.2) is 5.78 Å². The third-order valence-corrected chi connectivity index (χ3v) is 3.24. The summed E-state index contributed by atoms with van der Waals surface area (Å²) < 4.78 is 5.90. The van der Waals surface area contributed by atoms with Crippen LogP contribution in [0.1, 0.15) is 58.8 Å². The van der Waals surface area contributed by atoms with Gasteiger partial charge in [0.05, 0.1) is 17.3 Å². The van der Waals surface area contributed by atoms with E-state index in [9.17, 15) is 9.59 Å². The number of carbonyl (C=O) groups is 2. The van der Waals surface area contributed by atoms with E-state index in [1.54, 1.807) is 18.3 Å². The maximum Gasteiger partial charge on any atom is 0.253 e. The molecule has 23 heavy (non-hydrogen) atoms. The van der Waals surface area contributed by atoms with E-state index in [-0.39, 0.29) is 11.7 Å². The minimum absolute atomic E-state index is 0.0634. The molecule has 128 valence electrons. The largest absolute Gasteiger partial charge is 0.370 e. The molecule has 2 atom stereocenters. The number of nitrogens with one attached hydrogen (secondary N) is 1. The summed E-state index contributed by atoms with van der Waals surface area (Å²) in [6, 6.07) is 2.63. The zero-order valence-corrected chi connectivity index (χ0v) is 15.1. The van der Waals surface area contributed by atoms with Crippen LogP contribution in [-0.4, -0.2) is 34.4 Å². The highest BCUT2D eigenvalue weighted by atomic mass is 16.5. The lowest BCUT2D eigenvalue weighted by Gasteiger charge is -2.33. The van der Waals surface area contributed by atoms with Crippen molar-refractivity contribution in [1.82, 2.24) is 10.3 Å². The van der Waals surface area contributed by atoms with E-state index in [2.05, 4.69) is 10.3 Å². The minimum Gasteiger partial charge on any atom is -0.370 e. The minimum atomic E-state index is -0.720. The first-order valence-electron chi connectivity index (χ1n) is 7.85. The van der Waals surface area contributed by atoms with Gasteiger partial charge < -0.3 is 10.1 Å². The fourth-order valence-corrected chi connectivity index (χ4v) is 2.21. The Bertz CT molecular complexity index is 542. The highest BCUT2D eigenvalue weighted by molar-refractivity contribution is 5.99. The Kier molecular flexibility index (Phi) is 6.05. The Balaban J connectivity index is 3.00. The molecule has 0 aliphatic rings. The number of hydrogen-bond acceptors (Lipinski definition) is 4. The molecule has 0 saturated heterocycles. The summed E-state index contributed by atoms with van der Waals surface area (Å²) in [6.07, 6.45) is 2.63. The van der Waals surface area contributed by atoms with Gasteiger partial charge in [-0.1, -0.05) is 20.8 Å². The molecule has 1 N–H and O–H groups in total. The van der Waals surface area contributed by atoms with Gasteiger partial charge >= 0.3 is 0 Å². The van der Waals surface area contributed by atoms with Crippen molar-refractivity contribution in [3.05, 3.63) is 30.1 Å². The number of aromatic nitrogens is 1. The van der Waals surface area contributed by atoms with Crippen molar-refractivity contribution in [2.75, 3.05) is 0 Å². The molecule has 0 radical (unpaired) electrons. The van der Waals surface area contributed by atoms with Crippen LogP contribution in [0.25, 0.3) is 0 Å². The Labute approximate surface area is 138 Å². The van der Waals surface area contributed by atoms with Gasteiger partial charge in [-0.15, -0.1) is 0 Å². The number of pyridine rings is 1. The standard InChI is InChI=1S/C18H28N2O3/c1-12(23-18(5,6)7)14(15(21)17(2,3)4)20-16(22)13-9-8-10-19-11-13/h8-12,14H,1-7H3,(H,20,22)/t12?,14-/m0/s1. The molecule has 0 aliphatic carbocycles. The normalized spacial score (nSPS) is 14.9. The monoisotopic (exact) mass is 320 g/mol. The van der Waals surface area contributed by atoms with Crippen LogP contribution in [0, 0.1) is 5.41 Å². The average molecular weight is 320 g/mol. The highest BCUT2D eigenvalue weighted by Gasteiger charge is 2.36. The summed E-state index contributed by atoms with van der Waals surface area (Å²) in [5, 5.41) is 2.81. The fourth-order valence-electron chi connectivity index (χ4n) is 2.21. The van der Waals surface area contributed by atoms with Gasteiger partial charge in [-0.3, -0.25) is 14.6 Å². The molecule has 0 spiro atoms. The molecule has 1 rings (SSSR count). The smallest absolute Gasteiger partial charge is 0.253 e. The van der Waals surface area contributed by atoms with E-state index in [1.807, 2.05) is 48.5 Å². The molecule has 0 aliphatic heterocycles. The number of amides is 1. The molecule has 0 bridgehead atoms. The predicted octanol–water partition coefficient (Wildman–Crippen LogP) is 3.00. The molecular formula is C18H28N2O3. The predicted molar refractivity (Wildman–Crippen MR) is 90.3 cm³/mol.